The second kappa shape index (κ2) is 6.48. The molecule has 3 rings (SSSR count). The molecule has 1 heterocycles. The summed E-state index contributed by atoms with van der Waals surface area (Å²) in [5.74, 6) is 0.605. The number of fused-ring (bicyclic) bond motifs is 1. The van der Waals surface area contributed by atoms with Crippen LogP contribution in [0.4, 0.5) is 10.6 Å². The van der Waals surface area contributed by atoms with Crippen molar-refractivity contribution in [1.82, 2.24) is 21.0 Å². The van der Waals surface area contributed by atoms with Crippen LogP contribution in [0, 0.1) is 0 Å². The third-order valence-electron chi connectivity index (χ3n) is 3.76. The molecule has 7 nitrogen and oxygen atoms in total. The Labute approximate surface area is 128 Å². The van der Waals surface area contributed by atoms with Crippen LogP contribution < -0.4 is 16.6 Å². The molecule has 1 atom stereocenters. The minimum atomic E-state index is -0.491. The van der Waals surface area contributed by atoms with Crippen molar-refractivity contribution in [2.24, 2.45) is 0 Å². The van der Waals surface area contributed by atoms with E-state index in [0.717, 1.165) is 36.1 Å². The van der Waals surface area contributed by atoms with Crippen LogP contribution in [0.25, 0.3) is 0 Å². The third kappa shape index (κ3) is 3.37. The number of anilines is 1. The van der Waals surface area contributed by atoms with Gasteiger partial charge in [-0.25, -0.2) is 10.2 Å². The van der Waals surface area contributed by atoms with Gasteiger partial charge in [0.25, 0.3) is 0 Å². The average Bonchev–Trinajstić information content (AvgIpc) is 2.93. The number of aromatic nitrogens is 2. The van der Waals surface area contributed by atoms with Crippen molar-refractivity contribution in [2.45, 2.75) is 31.9 Å². The first-order chi connectivity index (χ1) is 10.7. The quantitative estimate of drug-likeness (QED) is 0.637. The van der Waals surface area contributed by atoms with Gasteiger partial charge in [-0.2, -0.15) is 5.10 Å². The zero-order chi connectivity index (χ0) is 15.4. The van der Waals surface area contributed by atoms with Gasteiger partial charge in [0, 0.05) is 11.6 Å². The standard InChI is InChI=1S/C15H19N5O2/c16-14-12-8-11(6-7-13(12)18-19-14)17-20-15(21)22-9-10-4-2-1-3-5-10/h1-5,11,17H,6-9H2,(H,20,21)(H3,16,18,19). The minimum Gasteiger partial charge on any atom is -0.444 e. The van der Waals surface area contributed by atoms with Crippen molar-refractivity contribution in [3.8, 4) is 0 Å². The molecule has 116 valence electrons. The van der Waals surface area contributed by atoms with Crippen LogP contribution in [0.15, 0.2) is 30.3 Å². The normalized spacial score (nSPS) is 16.8. The fourth-order valence-corrected chi connectivity index (χ4v) is 2.56. The molecular formula is C15H19N5O2. The van der Waals surface area contributed by atoms with Crippen molar-refractivity contribution >= 4 is 11.9 Å². The number of carbonyl (C=O) groups excluding carboxylic acids is 1. The van der Waals surface area contributed by atoms with Crippen LogP contribution in [0.2, 0.25) is 0 Å². The van der Waals surface area contributed by atoms with Gasteiger partial charge in [-0.05, 0) is 24.8 Å². The molecule has 1 unspecified atom stereocenters. The van der Waals surface area contributed by atoms with E-state index in [1.807, 2.05) is 30.3 Å². The van der Waals surface area contributed by atoms with Crippen molar-refractivity contribution in [2.75, 3.05) is 5.73 Å². The van der Waals surface area contributed by atoms with Gasteiger partial charge in [-0.3, -0.25) is 10.5 Å². The van der Waals surface area contributed by atoms with E-state index in [9.17, 15) is 4.79 Å². The molecule has 22 heavy (non-hydrogen) atoms. The maximum atomic E-state index is 11.7. The second-order valence-electron chi connectivity index (χ2n) is 5.33. The first kappa shape index (κ1) is 14.4. The maximum Gasteiger partial charge on any atom is 0.421 e. The number of H-pyrrole nitrogens is 1. The molecule has 1 aliphatic rings. The molecule has 2 aromatic rings. The molecular weight excluding hydrogens is 282 g/mol. The number of hydrazine groups is 1. The van der Waals surface area contributed by atoms with Gasteiger partial charge in [0.15, 0.2) is 0 Å². The van der Waals surface area contributed by atoms with Gasteiger partial charge in [-0.15, -0.1) is 0 Å². The van der Waals surface area contributed by atoms with Crippen LogP contribution in [0.1, 0.15) is 23.2 Å². The Hall–Kier alpha value is -2.54. The number of ether oxygens (including phenoxy) is 1. The molecule has 0 radical (unpaired) electrons. The number of hydrogen-bond acceptors (Lipinski definition) is 5. The molecule has 1 aliphatic carbocycles. The van der Waals surface area contributed by atoms with Crippen LogP contribution in [-0.2, 0) is 24.2 Å². The van der Waals surface area contributed by atoms with Crippen LogP contribution in [-0.4, -0.2) is 22.3 Å². The number of aryl methyl sites for hydroxylation is 1. The SMILES string of the molecule is Nc1[nH]nc2c1CC(NNC(=O)OCc1ccccc1)CC2. The van der Waals surface area contributed by atoms with E-state index in [2.05, 4.69) is 21.0 Å². The van der Waals surface area contributed by atoms with Crippen molar-refractivity contribution in [1.29, 1.82) is 0 Å². The lowest BCUT2D eigenvalue weighted by molar-refractivity contribution is 0.132. The molecule has 5 N–H and O–H groups in total. The van der Waals surface area contributed by atoms with E-state index in [-0.39, 0.29) is 12.6 Å². The molecule has 7 heteroatoms. The first-order valence-electron chi connectivity index (χ1n) is 7.26. The van der Waals surface area contributed by atoms with E-state index >= 15 is 0 Å². The van der Waals surface area contributed by atoms with Crippen molar-refractivity contribution < 1.29 is 9.53 Å². The monoisotopic (exact) mass is 301 g/mol. The zero-order valence-electron chi connectivity index (χ0n) is 12.1. The number of nitrogen functional groups attached to an aromatic ring is 1. The number of nitrogens with zero attached hydrogens (tertiary/aromatic N) is 1. The van der Waals surface area contributed by atoms with Gasteiger partial charge < -0.3 is 10.5 Å². The summed E-state index contributed by atoms with van der Waals surface area (Å²) >= 11 is 0. The van der Waals surface area contributed by atoms with E-state index in [4.69, 9.17) is 10.5 Å². The predicted molar refractivity (Wildman–Crippen MR) is 81.7 cm³/mol. The molecule has 0 fully saturated rings. The highest BCUT2D eigenvalue weighted by Gasteiger charge is 2.23. The summed E-state index contributed by atoms with van der Waals surface area (Å²) in [6.45, 7) is 0.248. The number of benzene rings is 1. The van der Waals surface area contributed by atoms with E-state index in [0.29, 0.717) is 5.82 Å². The number of rotatable bonds is 4. The third-order valence-corrected chi connectivity index (χ3v) is 3.76. The maximum absolute atomic E-state index is 11.7. The smallest absolute Gasteiger partial charge is 0.421 e. The Bertz CT molecular complexity index is 641. The number of nitrogens with two attached hydrogens (primary N) is 1. The number of carbonyl (C=O) groups is 1. The molecule has 0 saturated carbocycles. The fraction of sp³-hybridized carbons (Fsp3) is 0.333. The van der Waals surface area contributed by atoms with Crippen molar-refractivity contribution in [3.05, 3.63) is 47.2 Å². The zero-order valence-corrected chi connectivity index (χ0v) is 12.1. The van der Waals surface area contributed by atoms with Crippen LogP contribution >= 0.6 is 0 Å². The summed E-state index contributed by atoms with van der Waals surface area (Å²) in [6.07, 6.45) is 1.96. The molecule has 0 aliphatic heterocycles. The number of nitrogens with one attached hydrogen (secondary N) is 3. The lowest BCUT2D eigenvalue weighted by atomic mass is 9.93. The Kier molecular flexibility index (Phi) is 4.24. The van der Waals surface area contributed by atoms with Gasteiger partial charge in [0.1, 0.15) is 12.4 Å². The minimum absolute atomic E-state index is 0.122. The second-order valence-corrected chi connectivity index (χ2v) is 5.33. The molecule has 0 bridgehead atoms. The average molecular weight is 301 g/mol. The predicted octanol–water partition coefficient (Wildman–Crippen LogP) is 1.28. The Morgan fingerprint density at radius 1 is 1.41 bits per heavy atom. The van der Waals surface area contributed by atoms with E-state index in [1.54, 1.807) is 0 Å². The highest BCUT2D eigenvalue weighted by atomic mass is 16.6. The Balaban J connectivity index is 1.43. The van der Waals surface area contributed by atoms with E-state index < -0.39 is 6.09 Å². The number of aromatic amines is 1. The lowest BCUT2D eigenvalue weighted by Gasteiger charge is -2.23. The largest absolute Gasteiger partial charge is 0.444 e. The highest BCUT2D eigenvalue weighted by Crippen LogP contribution is 2.23. The molecule has 0 saturated heterocycles. The lowest BCUT2D eigenvalue weighted by Crippen LogP contribution is -2.46. The Morgan fingerprint density at radius 3 is 3.05 bits per heavy atom. The van der Waals surface area contributed by atoms with Gasteiger partial charge in [0.05, 0.1) is 5.69 Å². The topological polar surface area (TPSA) is 105 Å². The summed E-state index contributed by atoms with van der Waals surface area (Å²) in [5.41, 5.74) is 14.4. The summed E-state index contributed by atoms with van der Waals surface area (Å²) in [4.78, 5) is 11.7. The molecule has 1 amide bonds. The van der Waals surface area contributed by atoms with Gasteiger partial charge >= 0.3 is 6.09 Å². The van der Waals surface area contributed by atoms with Gasteiger partial charge in [0.2, 0.25) is 0 Å². The Morgan fingerprint density at radius 2 is 2.23 bits per heavy atom. The van der Waals surface area contributed by atoms with E-state index in [1.165, 1.54) is 0 Å². The molecule has 1 aromatic carbocycles. The van der Waals surface area contributed by atoms with Gasteiger partial charge in [-0.1, -0.05) is 30.3 Å². The highest BCUT2D eigenvalue weighted by molar-refractivity contribution is 5.66. The first-order valence-corrected chi connectivity index (χ1v) is 7.26. The summed E-state index contributed by atoms with van der Waals surface area (Å²) < 4.78 is 5.14. The van der Waals surface area contributed by atoms with Crippen LogP contribution in [0.3, 0.4) is 0 Å². The fourth-order valence-electron chi connectivity index (χ4n) is 2.56. The van der Waals surface area contributed by atoms with Crippen molar-refractivity contribution in [3.63, 3.8) is 0 Å². The number of hydrogen-bond donors (Lipinski definition) is 4. The number of amides is 1. The molecule has 0 spiro atoms. The summed E-state index contributed by atoms with van der Waals surface area (Å²) in [5, 5.41) is 6.95. The summed E-state index contributed by atoms with van der Waals surface area (Å²) in [7, 11) is 0. The van der Waals surface area contributed by atoms with Crippen LogP contribution in [0.5, 0.6) is 0 Å². The molecule has 1 aromatic heterocycles. The summed E-state index contributed by atoms with van der Waals surface area (Å²) in [6, 6.07) is 9.67.